The van der Waals surface area contributed by atoms with Crippen LogP contribution in [0.25, 0.3) is 10.9 Å². The molecule has 100 valence electrons. The molecule has 1 fully saturated rings. The van der Waals surface area contributed by atoms with Crippen molar-refractivity contribution in [1.29, 1.82) is 0 Å². The maximum Gasteiger partial charge on any atom is 0.270 e. The zero-order valence-corrected chi connectivity index (χ0v) is 12.5. The molecule has 1 N–H and O–H groups in total. The third-order valence-electron chi connectivity index (χ3n) is 3.76. The summed E-state index contributed by atoms with van der Waals surface area (Å²) in [5.41, 5.74) is 1.70. The molecule has 1 aliphatic heterocycles. The summed E-state index contributed by atoms with van der Waals surface area (Å²) >= 11 is 3.45. The second-order valence-corrected chi connectivity index (χ2v) is 6.33. The van der Waals surface area contributed by atoms with E-state index in [9.17, 15) is 4.79 Å². The van der Waals surface area contributed by atoms with Crippen molar-refractivity contribution in [3.05, 3.63) is 34.4 Å². The molecular formula is C15H17BrN2O. The number of rotatable bonds is 1. The molecule has 1 aromatic heterocycles. The Kier molecular flexibility index (Phi) is 3.35. The fourth-order valence-corrected chi connectivity index (χ4v) is 3.12. The third-order valence-corrected chi connectivity index (χ3v) is 4.25. The Morgan fingerprint density at radius 3 is 3.05 bits per heavy atom. The Bertz CT molecular complexity index is 620. The van der Waals surface area contributed by atoms with Gasteiger partial charge in [0.15, 0.2) is 0 Å². The van der Waals surface area contributed by atoms with Crippen LogP contribution in [0, 0.1) is 5.92 Å². The smallest absolute Gasteiger partial charge is 0.270 e. The number of benzene rings is 1. The second-order valence-electron chi connectivity index (χ2n) is 5.41. The van der Waals surface area contributed by atoms with Gasteiger partial charge in [-0.3, -0.25) is 4.79 Å². The number of piperidine rings is 1. The number of carbonyl (C=O) groups excluding carboxylic acids is 1. The van der Waals surface area contributed by atoms with Crippen molar-refractivity contribution in [3.8, 4) is 0 Å². The van der Waals surface area contributed by atoms with Crippen molar-refractivity contribution >= 4 is 32.7 Å². The summed E-state index contributed by atoms with van der Waals surface area (Å²) in [6.45, 7) is 3.96. The van der Waals surface area contributed by atoms with Crippen LogP contribution in [-0.4, -0.2) is 28.9 Å². The highest BCUT2D eigenvalue weighted by atomic mass is 79.9. The maximum atomic E-state index is 12.5. The first-order valence-corrected chi connectivity index (χ1v) is 7.50. The van der Waals surface area contributed by atoms with E-state index in [0.29, 0.717) is 11.6 Å². The summed E-state index contributed by atoms with van der Waals surface area (Å²) in [6, 6.07) is 7.97. The van der Waals surface area contributed by atoms with E-state index in [0.717, 1.165) is 34.9 Å². The molecule has 0 aliphatic carbocycles. The van der Waals surface area contributed by atoms with Crippen LogP contribution >= 0.6 is 15.9 Å². The lowest BCUT2D eigenvalue weighted by molar-refractivity contribution is 0.0678. The minimum absolute atomic E-state index is 0.124. The quantitative estimate of drug-likeness (QED) is 0.852. The monoisotopic (exact) mass is 320 g/mol. The highest BCUT2D eigenvalue weighted by Crippen LogP contribution is 2.23. The van der Waals surface area contributed by atoms with Gasteiger partial charge in [-0.15, -0.1) is 0 Å². The number of nitrogens with zero attached hydrogens (tertiary/aromatic N) is 1. The summed E-state index contributed by atoms with van der Waals surface area (Å²) in [5, 5.41) is 1.08. The zero-order chi connectivity index (χ0) is 13.4. The molecule has 1 aliphatic rings. The molecule has 1 aromatic carbocycles. The molecule has 0 bridgehead atoms. The fourth-order valence-electron chi connectivity index (χ4n) is 2.76. The lowest BCUT2D eigenvalue weighted by Gasteiger charge is -2.30. The van der Waals surface area contributed by atoms with Gasteiger partial charge >= 0.3 is 0 Å². The van der Waals surface area contributed by atoms with Crippen LogP contribution in [0.3, 0.4) is 0 Å². The van der Waals surface area contributed by atoms with Gasteiger partial charge in [0.25, 0.3) is 5.91 Å². The molecule has 1 unspecified atom stereocenters. The van der Waals surface area contributed by atoms with Crippen molar-refractivity contribution in [2.45, 2.75) is 19.8 Å². The van der Waals surface area contributed by atoms with Crippen LogP contribution in [-0.2, 0) is 0 Å². The Labute approximate surface area is 121 Å². The number of aromatic nitrogens is 1. The average Bonchev–Trinajstić information content (AvgIpc) is 2.80. The minimum Gasteiger partial charge on any atom is -0.350 e. The molecule has 1 atom stereocenters. The molecule has 19 heavy (non-hydrogen) atoms. The van der Waals surface area contributed by atoms with Crippen molar-refractivity contribution in [3.63, 3.8) is 0 Å². The molecule has 2 heterocycles. The molecule has 0 spiro atoms. The van der Waals surface area contributed by atoms with Crippen LogP contribution in [0.15, 0.2) is 28.7 Å². The minimum atomic E-state index is 0.124. The third kappa shape index (κ3) is 2.54. The molecule has 1 saturated heterocycles. The molecule has 3 rings (SSSR count). The van der Waals surface area contributed by atoms with Gasteiger partial charge in [0.1, 0.15) is 5.69 Å². The zero-order valence-electron chi connectivity index (χ0n) is 10.9. The topological polar surface area (TPSA) is 36.1 Å². The van der Waals surface area contributed by atoms with Gasteiger partial charge < -0.3 is 9.88 Å². The molecular weight excluding hydrogens is 304 g/mol. The van der Waals surface area contributed by atoms with Crippen LogP contribution in [0.4, 0.5) is 0 Å². The van der Waals surface area contributed by atoms with Crippen LogP contribution in [0.2, 0.25) is 0 Å². The average molecular weight is 321 g/mol. The largest absolute Gasteiger partial charge is 0.350 e. The highest BCUT2D eigenvalue weighted by Gasteiger charge is 2.23. The molecule has 0 radical (unpaired) electrons. The van der Waals surface area contributed by atoms with Crippen LogP contribution < -0.4 is 0 Å². The summed E-state index contributed by atoms with van der Waals surface area (Å²) < 4.78 is 1.02. The Morgan fingerprint density at radius 2 is 2.26 bits per heavy atom. The van der Waals surface area contributed by atoms with Gasteiger partial charge in [-0.1, -0.05) is 28.9 Å². The maximum absolute atomic E-state index is 12.5. The van der Waals surface area contributed by atoms with Gasteiger partial charge in [0.05, 0.1) is 0 Å². The highest BCUT2D eigenvalue weighted by molar-refractivity contribution is 9.10. The summed E-state index contributed by atoms with van der Waals surface area (Å²) in [5.74, 6) is 0.732. The molecule has 1 amide bonds. The molecule has 4 heteroatoms. The van der Waals surface area contributed by atoms with E-state index >= 15 is 0 Å². The summed E-state index contributed by atoms with van der Waals surface area (Å²) in [6.07, 6.45) is 2.34. The summed E-state index contributed by atoms with van der Waals surface area (Å²) in [7, 11) is 0. The van der Waals surface area contributed by atoms with Crippen LogP contribution in [0.1, 0.15) is 30.3 Å². The number of likely N-dealkylation sites (tertiary alicyclic amines) is 1. The lowest BCUT2D eigenvalue weighted by Crippen LogP contribution is -2.39. The predicted octanol–water partition coefficient (Wildman–Crippen LogP) is 3.80. The van der Waals surface area contributed by atoms with E-state index in [1.807, 2.05) is 29.2 Å². The standard InChI is InChI=1S/C15H17BrN2O/c1-10-3-2-6-18(9-10)15(19)14-7-11-4-5-12(16)8-13(11)17-14/h4-5,7-8,10,17H,2-3,6,9H2,1H3. The van der Waals surface area contributed by atoms with E-state index in [4.69, 9.17) is 0 Å². The van der Waals surface area contributed by atoms with E-state index in [1.165, 1.54) is 6.42 Å². The number of fused-ring (bicyclic) bond motifs is 1. The first-order chi connectivity index (χ1) is 9.13. The Hall–Kier alpha value is -1.29. The van der Waals surface area contributed by atoms with Crippen molar-refractivity contribution in [1.82, 2.24) is 9.88 Å². The number of H-pyrrole nitrogens is 1. The number of nitrogens with one attached hydrogen (secondary N) is 1. The van der Waals surface area contributed by atoms with E-state index < -0.39 is 0 Å². The van der Waals surface area contributed by atoms with E-state index in [1.54, 1.807) is 0 Å². The molecule has 3 nitrogen and oxygen atoms in total. The first-order valence-electron chi connectivity index (χ1n) is 6.71. The number of hydrogen-bond donors (Lipinski definition) is 1. The van der Waals surface area contributed by atoms with E-state index in [-0.39, 0.29) is 5.91 Å². The van der Waals surface area contributed by atoms with Crippen molar-refractivity contribution < 1.29 is 4.79 Å². The van der Waals surface area contributed by atoms with Crippen molar-refractivity contribution in [2.75, 3.05) is 13.1 Å². The van der Waals surface area contributed by atoms with E-state index in [2.05, 4.69) is 27.8 Å². The lowest BCUT2D eigenvalue weighted by atomic mass is 10.00. The van der Waals surface area contributed by atoms with Crippen LogP contribution in [0.5, 0.6) is 0 Å². The SMILES string of the molecule is CC1CCCN(C(=O)c2cc3ccc(Br)cc3[nH]2)C1. The molecule has 2 aromatic rings. The summed E-state index contributed by atoms with van der Waals surface area (Å²) in [4.78, 5) is 17.7. The number of aromatic amines is 1. The predicted molar refractivity (Wildman–Crippen MR) is 80.3 cm³/mol. The fraction of sp³-hybridized carbons (Fsp3) is 0.400. The van der Waals surface area contributed by atoms with Gasteiger partial charge in [0.2, 0.25) is 0 Å². The van der Waals surface area contributed by atoms with Gasteiger partial charge in [-0.2, -0.15) is 0 Å². The van der Waals surface area contributed by atoms with Gasteiger partial charge in [-0.05, 0) is 37.0 Å². The van der Waals surface area contributed by atoms with Gasteiger partial charge in [-0.25, -0.2) is 0 Å². The number of halogens is 1. The Morgan fingerprint density at radius 1 is 1.42 bits per heavy atom. The number of amides is 1. The first kappa shape index (κ1) is 12.7. The number of carbonyl (C=O) groups is 1. The normalized spacial score (nSPS) is 19.9. The van der Waals surface area contributed by atoms with Crippen molar-refractivity contribution in [2.24, 2.45) is 5.92 Å². The molecule has 0 saturated carbocycles. The Balaban J connectivity index is 1.88. The number of hydrogen-bond acceptors (Lipinski definition) is 1. The van der Waals surface area contributed by atoms with Gasteiger partial charge in [0, 0.05) is 28.5 Å². The second kappa shape index (κ2) is 5.00.